The lowest BCUT2D eigenvalue weighted by Crippen LogP contribution is -2.35. The van der Waals surface area contributed by atoms with Crippen molar-refractivity contribution < 1.29 is 7.65 Å². The van der Waals surface area contributed by atoms with Gasteiger partial charge in [0.15, 0.2) is 0 Å². The minimum Gasteiger partial charge on any atom is -0.325 e. The molecule has 0 bridgehead atoms. The minimum absolute atomic E-state index is 0. The van der Waals surface area contributed by atoms with Crippen molar-refractivity contribution in [2.24, 2.45) is 0 Å². The normalized spacial score (nSPS) is 18.5. The third-order valence-electron chi connectivity index (χ3n) is 2.42. The van der Waals surface area contributed by atoms with Crippen LogP contribution in [0.5, 0.6) is 0 Å². The predicted molar refractivity (Wildman–Crippen MR) is 71.7 cm³/mol. The Kier molecular flexibility index (Phi) is 5.57. The average Bonchev–Trinajstić information content (AvgIpc) is 2.86. The maximum Gasteiger partial charge on any atom is 0.241 e. The molecule has 2 N–H and O–H groups in total. The summed E-state index contributed by atoms with van der Waals surface area (Å²) in [6.45, 7) is 4.95. The van der Waals surface area contributed by atoms with Gasteiger partial charge in [-0.3, -0.25) is 4.79 Å². The van der Waals surface area contributed by atoms with Gasteiger partial charge in [0.1, 0.15) is 0 Å². The van der Waals surface area contributed by atoms with Gasteiger partial charge in [0.2, 0.25) is 5.91 Å². The van der Waals surface area contributed by atoms with E-state index in [-0.39, 0.29) is 14.8 Å². The largest absolute Gasteiger partial charge is 0.325 e. The molecule has 0 aromatic heterocycles. The highest BCUT2D eigenvalue weighted by molar-refractivity contribution is 5.94. The summed E-state index contributed by atoms with van der Waals surface area (Å²) >= 11 is 0. The van der Waals surface area contributed by atoms with Crippen LogP contribution >= 0.6 is 0 Å². The molecule has 1 aliphatic rings. The van der Waals surface area contributed by atoms with Gasteiger partial charge in [-0.25, -0.2) is 0 Å². The van der Waals surface area contributed by atoms with Crippen molar-refractivity contribution in [1.82, 2.24) is 5.32 Å². The van der Waals surface area contributed by atoms with Crippen LogP contribution in [0.4, 0.5) is 5.69 Å². The molecule has 0 radical (unpaired) electrons. The van der Waals surface area contributed by atoms with E-state index in [1.807, 2.05) is 44.2 Å². The van der Waals surface area contributed by atoms with Crippen molar-refractivity contribution in [3.05, 3.63) is 30.3 Å². The molecular weight excluding hydrogens is 200 g/mol. The van der Waals surface area contributed by atoms with Crippen molar-refractivity contribution in [1.29, 1.82) is 0 Å². The molecule has 1 atom stereocenters. The van der Waals surface area contributed by atoms with Crippen LogP contribution in [0.2, 0.25) is 0 Å². The predicted octanol–water partition coefficient (Wildman–Crippen LogP) is 2.90. The van der Waals surface area contributed by atoms with Crippen LogP contribution in [-0.2, 0) is 4.79 Å². The first kappa shape index (κ1) is 12.7. The molecule has 1 aromatic rings. The van der Waals surface area contributed by atoms with Gasteiger partial charge >= 0.3 is 0 Å². The maximum atomic E-state index is 11.6. The Balaban J connectivity index is 0. The number of carbonyl (C=O) groups is 1. The number of amides is 1. The molecule has 16 heavy (non-hydrogen) atoms. The zero-order chi connectivity index (χ0) is 11.8. The van der Waals surface area contributed by atoms with Gasteiger partial charge in [-0.05, 0) is 31.5 Å². The summed E-state index contributed by atoms with van der Waals surface area (Å²) in [5.74, 6) is 0.0775. The Bertz CT molecular complexity index is 314. The third-order valence-corrected chi connectivity index (χ3v) is 2.42. The summed E-state index contributed by atoms with van der Waals surface area (Å²) in [7, 11) is 0. The van der Waals surface area contributed by atoms with Crippen LogP contribution < -0.4 is 10.6 Å². The summed E-state index contributed by atoms with van der Waals surface area (Å²) in [6.07, 6.45) is 2.03. The molecule has 0 spiro atoms. The molecule has 3 heteroatoms. The number of hydrogen-bond acceptors (Lipinski definition) is 2. The molecule has 1 heterocycles. The van der Waals surface area contributed by atoms with E-state index in [9.17, 15) is 4.79 Å². The zero-order valence-electron chi connectivity index (χ0n) is 9.99. The van der Waals surface area contributed by atoms with Crippen molar-refractivity contribution in [2.75, 3.05) is 11.9 Å². The molecule has 0 unspecified atom stereocenters. The fourth-order valence-electron chi connectivity index (χ4n) is 1.66. The van der Waals surface area contributed by atoms with Crippen LogP contribution in [-0.4, -0.2) is 18.5 Å². The van der Waals surface area contributed by atoms with Crippen LogP contribution in [0.15, 0.2) is 30.3 Å². The summed E-state index contributed by atoms with van der Waals surface area (Å²) in [4.78, 5) is 11.6. The number of hydrogen-bond donors (Lipinski definition) is 2. The van der Waals surface area contributed by atoms with Gasteiger partial charge in [-0.1, -0.05) is 32.0 Å². The summed E-state index contributed by atoms with van der Waals surface area (Å²) < 4.78 is 0. The van der Waals surface area contributed by atoms with E-state index < -0.39 is 0 Å². The highest BCUT2D eigenvalue weighted by Gasteiger charge is 2.21. The highest BCUT2D eigenvalue weighted by Crippen LogP contribution is 2.10. The van der Waals surface area contributed by atoms with Crippen LogP contribution in [0.3, 0.4) is 0 Å². The molecule has 2 rings (SSSR count). The SMILES string of the molecule is CC.O=C(Nc1ccccc1)[C@@H]1CCCN1.[HH].[HH]. The van der Waals surface area contributed by atoms with E-state index in [4.69, 9.17) is 0 Å². The molecule has 0 saturated carbocycles. The standard InChI is InChI=1S/C11H14N2O.C2H6.2H2/c14-11(10-7-4-8-12-10)13-9-5-2-1-3-6-9;1-2;;/h1-3,5-6,10,12H,4,7-8H2,(H,13,14);1-2H3;2*1H/t10-;;;/m0.../s1. The number of carbonyl (C=O) groups excluding carboxylic acids is 1. The lowest BCUT2D eigenvalue weighted by atomic mass is 10.2. The van der Waals surface area contributed by atoms with Gasteiger partial charge in [0, 0.05) is 8.54 Å². The molecule has 1 fully saturated rings. The monoisotopic (exact) mass is 224 g/mol. The lowest BCUT2D eigenvalue weighted by molar-refractivity contribution is -0.117. The van der Waals surface area contributed by atoms with E-state index in [1.54, 1.807) is 0 Å². The van der Waals surface area contributed by atoms with E-state index in [1.165, 1.54) is 0 Å². The fourth-order valence-corrected chi connectivity index (χ4v) is 1.66. The molecule has 0 aliphatic carbocycles. The number of benzene rings is 1. The second-order valence-electron chi connectivity index (χ2n) is 3.50. The highest BCUT2D eigenvalue weighted by atomic mass is 16.2. The number of anilines is 1. The van der Waals surface area contributed by atoms with Gasteiger partial charge < -0.3 is 10.6 Å². The first-order chi connectivity index (χ1) is 7.86. The van der Waals surface area contributed by atoms with Crippen molar-refractivity contribution in [2.45, 2.75) is 32.7 Å². The Morgan fingerprint density at radius 3 is 2.62 bits per heavy atom. The molecule has 1 amide bonds. The van der Waals surface area contributed by atoms with E-state index in [2.05, 4.69) is 10.6 Å². The van der Waals surface area contributed by atoms with Crippen molar-refractivity contribution in [3.63, 3.8) is 0 Å². The molecule has 1 aromatic carbocycles. The first-order valence-electron chi connectivity index (χ1n) is 5.95. The number of nitrogens with one attached hydrogen (secondary N) is 2. The van der Waals surface area contributed by atoms with Crippen LogP contribution in [0.25, 0.3) is 0 Å². The smallest absolute Gasteiger partial charge is 0.241 e. The van der Waals surface area contributed by atoms with Crippen LogP contribution in [0, 0.1) is 0 Å². The topological polar surface area (TPSA) is 41.1 Å². The minimum atomic E-state index is -0.00444. The quantitative estimate of drug-likeness (QED) is 0.811. The lowest BCUT2D eigenvalue weighted by Gasteiger charge is -2.10. The second-order valence-corrected chi connectivity index (χ2v) is 3.50. The number of rotatable bonds is 2. The molecule has 3 nitrogen and oxygen atoms in total. The fraction of sp³-hybridized carbons (Fsp3) is 0.462. The molecule has 92 valence electrons. The second kappa shape index (κ2) is 7.01. The number of para-hydroxylation sites is 1. The molecule has 1 aliphatic heterocycles. The first-order valence-corrected chi connectivity index (χ1v) is 5.95. The summed E-state index contributed by atoms with van der Waals surface area (Å²) in [5, 5.41) is 6.05. The van der Waals surface area contributed by atoms with Gasteiger partial charge in [-0.2, -0.15) is 0 Å². The van der Waals surface area contributed by atoms with Gasteiger partial charge in [0.05, 0.1) is 6.04 Å². The summed E-state index contributed by atoms with van der Waals surface area (Å²) in [5.41, 5.74) is 0.867. The Morgan fingerprint density at radius 2 is 2.06 bits per heavy atom. The summed E-state index contributed by atoms with van der Waals surface area (Å²) in [6, 6.07) is 9.55. The van der Waals surface area contributed by atoms with E-state index >= 15 is 0 Å². The van der Waals surface area contributed by atoms with Gasteiger partial charge in [-0.15, -0.1) is 0 Å². The van der Waals surface area contributed by atoms with Crippen molar-refractivity contribution >= 4 is 11.6 Å². The molecular formula is C13H24N2O. The Morgan fingerprint density at radius 1 is 1.38 bits per heavy atom. The van der Waals surface area contributed by atoms with Crippen LogP contribution in [0.1, 0.15) is 29.5 Å². The third kappa shape index (κ3) is 3.66. The van der Waals surface area contributed by atoms with Crippen molar-refractivity contribution in [3.8, 4) is 0 Å². The zero-order valence-corrected chi connectivity index (χ0v) is 9.99. The van der Waals surface area contributed by atoms with Gasteiger partial charge in [0.25, 0.3) is 0 Å². The molecule has 1 saturated heterocycles. The Hall–Kier alpha value is -1.35. The van der Waals surface area contributed by atoms with E-state index in [0.29, 0.717) is 0 Å². The average molecular weight is 224 g/mol. The maximum absolute atomic E-state index is 11.6. The van der Waals surface area contributed by atoms with E-state index in [0.717, 1.165) is 25.1 Å². The Labute approximate surface area is 100 Å².